The van der Waals surface area contributed by atoms with Crippen LogP contribution in [0.5, 0.6) is 0 Å². The minimum Gasteiger partial charge on any atom is -0.481 e. The fraction of sp³-hybridized carbons (Fsp3) is 0.250. The summed E-state index contributed by atoms with van der Waals surface area (Å²) in [5, 5.41) is 15.7. The number of rotatable bonds is 6. The van der Waals surface area contributed by atoms with E-state index in [1.54, 1.807) is 12.1 Å². The maximum Gasteiger partial charge on any atom is 0.304 e. The summed E-state index contributed by atoms with van der Waals surface area (Å²) in [5.74, 6) is -0.0432. The first-order chi connectivity index (χ1) is 9.16. The number of benzene rings is 1. The van der Waals surface area contributed by atoms with Crippen LogP contribution >= 0.6 is 11.6 Å². The van der Waals surface area contributed by atoms with Crippen LogP contribution in [0, 0.1) is 0 Å². The number of aromatic nitrogens is 2. The van der Waals surface area contributed by atoms with Gasteiger partial charge in [-0.2, -0.15) is 4.98 Å². The van der Waals surface area contributed by atoms with E-state index in [0.717, 1.165) is 0 Å². The topological polar surface area (TPSA) is 88.2 Å². The summed E-state index contributed by atoms with van der Waals surface area (Å²) in [7, 11) is 0. The largest absolute Gasteiger partial charge is 0.481 e. The molecule has 2 aromatic rings. The summed E-state index contributed by atoms with van der Waals surface area (Å²) in [6.07, 6.45) is 0.0508. The highest BCUT2D eigenvalue weighted by atomic mass is 35.5. The predicted molar refractivity (Wildman–Crippen MR) is 68.7 cm³/mol. The van der Waals surface area contributed by atoms with Gasteiger partial charge in [-0.25, -0.2) is 0 Å². The van der Waals surface area contributed by atoms with E-state index in [9.17, 15) is 4.79 Å². The Balaban J connectivity index is 1.96. The van der Waals surface area contributed by atoms with Gasteiger partial charge in [0.2, 0.25) is 0 Å². The number of aliphatic carboxylic acids is 1. The molecule has 19 heavy (non-hydrogen) atoms. The third-order valence-electron chi connectivity index (χ3n) is 2.37. The van der Waals surface area contributed by atoms with Gasteiger partial charge in [0, 0.05) is 6.54 Å². The van der Waals surface area contributed by atoms with Gasteiger partial charge in [0.15, 0.2) is 5.82 Å². The number of nitrogens with zero attached hydrogens (tertiary/aromatic N) is 2. The van der Waals surface area contributed by atoms with Crippen LogP contribution in [0.25, 0.3) is 11.5 Å². The summed E-state index contributed by atoms with van der Waals surface area (Å²) < 4.78 is 5.11. The monoisotopic (exact) mass is 281 g/mol. The van der Waals surface area contributed by atoms with E-state index in [1.807, 2.05) is 12.1 Å². The molecule has 2 rings (SSSR count). The first-order valence-corrected chi connectivity index (χ1v) is 6.04. The Morgan fingerprint density at radius 2 is 2.21 bits per heavy atom. The van der Waals surface area contributed by atoms with Gasteiger partial charge in [0.25, 0.3) is 5.89 Å². The molecule has 0 aliphatic carbocycles. The van der Waals surface area contributed by atoms with Crippen LogP contribution in [-0.4, -0.2) is 27.8 Å². The highest BCUT2D eigenvalue weighted by molar-refractivity contribution is 6.33. The van der Waals surface area contributed by atoms with Crippen molar-refractivity contribution in [3.05, 3.63) is 35.1 Å². The molecule has 2 N–H and O–H groups in total. The number of nitrogens with one attached hydrogen (secondary N) is 1. The van der Waals surface area contributed by atoms with Crippen molar-refractivity contribution in [2.24, 2.45) is 0 Å². The second-order valence-electron chi connectivity index (χ2n) is 3.82. The van der Waals surface area contributed by atoms with Gasteiger partial charge in [-0.15, -0.1) is 0 Å². The molecule has 0 amide bonds. The van der Waals surface area contributed by atoms with E-state index in [2.05, 4.69) is 15.5 Å². The molecule has 0 saturated heterocycles. The number of carbonyl (C=O) groups is 1. The molecule has 0 radical (unpaired) electrons. The first-order valence-electron chi connectivity index (χ1n) is 5.67. The van der Waals surface area contributed by atoms with E-state index in [0.29, 0.717) is 35.4 Å². The number of halogens is 1. The maximum absolute atomic E-state index is 10.3. The van der Waals surface area contributed by atoms with Crippen LogP contribution in [0.2, 0.25) is 5.02 Å². The number of carboxylic acid groups (broad SMARTS) is 1. The van der Waals surface area contributed by atoms with Gasteiger partial charge < -0.3 is 14.9 Å². The van der Waals surface area contributed by atoms with E-state index in [4.69, 9.17) is 21.2 Å². The molecule has 0 saturated carbocycles. The average molecular weight is 282 g/mol. The molecule has 7 heteroatoms. The lowest BCUT2D eigenvalue weighted by atomic mass is 10.2. The molecule has 1 aromatic heterocycles. The van der Waals surface area contributed by atoms with Crippen molar-refractivity contribution < 1.29 is 14.4 Å². The molecule has 100 valence electrons. The van der Waals surface area contributed by atoms with Gasteiger partial charge in [-0.1, -0.05) is 28.9 Å². The third-order valence-corrected chi connectivity index (χ3v) is 2.70. The SMILES string of the molecule is O=C(O)CCNCc1noc(-c2ccccc2Cl)n1. The molecule has 1 heterocycles. The van der Waals surface area contributed by atoms with Crippen LogP contribution < -0.4 is 5.32 Å². The lowest BCUT2D eigenvalue weighted by Gasteiger charge is -1.97. The highest BCUT2D eigenvalue weighted by Gasteiger charge is 2.11. The van der Waals surface area contributed by atoms with Gasteiger partial charge in [0.05, 0.1) is 23.6 Å². The molecule has 0 unspecified atom stereocenters. The first kappa shape index (κ1) is 13.5. The van der Waals surface area contributed by atoms with Crippen molar-refractivity contribution in [3.8, 4) is 11.5 Å². The van der Waals surface area contributed by atoms with Gasteiger partial charge >= 0.3 is 5.97 Å². The van der Waals surface area contributed by atoms with E-state index < -0.39 is 5.97 Å². The molecule has 0 spiro atoms. The molecular formula is C12H12ClN3O3. The number of carboxylic acids is 1. The minimum atomic E-state index is -0.850. The summed E-state index contributed by atoms with van der Waals surface area (Å²) in [4.78, 5) is 14.5. The third kappa shape index (κ3) is 3.77. The van der Waals surface area contributed by atoms with E-state index in [1.165, 1.54) is 0 Å². The van der Waals surface area contributed by atoms with Crippen LogP contribution in [0.1, 0.15) is 12.2 Å². The molecule has 6 nitrogen and oxygen atoms in total. The lowest BCUT2D eigenvalue weighted by Crippen LogP contribution is -2.18. The van der Waals surface area contributed by atoms with Crippen LogP contribution in [0.3, 0.4) is 0 Å². The van der Waals surface area contributed by atoms with Crippen molar-refractivity contribution in [1.82, 2.24) is 15.5 Å². The zero-order valence-corrected chi connectivity index (χ0v) is 10.7. The molecule has 1 aromatic carbocycles. The second-order valence-corrected chi connectivity index (χ2v) is 4.22. The normalized spacial score (nSPS) is 10.6. The Morgan fingerprint density at radius 1 is 1.42 bits per heavy atom. The molecule has 0 atom stereocenters. The Hall–Kier alpha value is -1.92. The van der Waals surface area contributed by atoms with Crippen molar-refractivity contribution in [2.45, 2.75) is 13.0 Å². The predicted octanol–water partition coefficient (Wildman–Crippen LogP) is 1.95. The van der Waals surface area contributed by atoms with Crippen molar-refractivity contribution >= 4 is 17.6 Å². The van der Waals surface area contributed by atoms with E-state index >= 15 is 0 Å². The number of hydrogen-bond donors (Lipinski definition) is 2. The zero-order valence-electron chi connectivity index (χ0n) is 9.97. The molecular weight excluding hydrogens is 270 g/mol. The molecule has 0 aliphatic rings. The smallest absolute Gasteiger partial charge is 0.304 e. The molecule has 0 aliphatic heterocycles. The summed E-state index contributed by atoms with van der Waals surface area (Å²) >= 11 is 6.02. The zero-order chi connectivity index (χ0) is 13.7. The van der Waals surface area contributed by atoms with Gasteiger partial charge in [-0.3, -0.25) is 4.79 Å². The molecule has 0 bridgehead atoms. The molecule has 0 fully saturated rings. The quantitative estimate of drug-likeness (QED) is 0.787. The van der Waals surface area contributed by atoms with Gasteiger partial charge in [-0.05, 0) is 12.1 Å². The Morgan fingerprint density at radius 3 is 2.95 bits per heavy atom. The highest BCUT2D eigenvalue weighted by Crippen LogP contribution is 2.25. The fourth-order valence-electron chi connectivity index (χ4n) is 1.47. The summed E-state index contributed by atoms with van der Waals surface area (Å²) in [5.41, 5.74) is 0.674. The summed E-state index contributed by atoms with van der Waals surface area (Å²) in [6.45, 7) is 0.701. The fourth-order valence-corrected chi connectivity index (χ4v) is 1.68. The second kappa shape index (κ2) is 6.31. The van der Waals surface area contributed by atoms with E-state index in [-0.39, 0.29) is 6.42 Å². The van der Waals surface area contributed by atoms with Crippen LogP contribution in [-0.2, 0) is 11.3 Å². The Kier molecular flexibility index (Phi) is 4.48. The van der Waals surface area contributed by atoms with Crippen LogP contribution in [0.15, 0.2) is 28.8 Å². The van der Waals surface area contributed by atoms with Gasteiger partial charge in [0.1, 0.15) is 0 Å². The van der Waals surface area contributed by atoms with Crippen molar-refractivity contribution in [3.63, 3.8) is 0 Å². The number of hydrogen-bond acceptors (Lipinski definition) is 5. The maximum atomic E-state index is 10.3. The van der Waals surface area contributed by atoms with Crippen molar-refractivity contribution in [2.75, 3.05) is 6.54 Å². The Bertz CT molecular complexity index is 571. The summed E-state index contributed by atoms with van der Waals surface area (Å²) in [6, 6.07) is 7.18. The van der Waals surface area contributed by atoms with Crippen molar-refractivity contribution in [1.29, 1.82) is 0 Å². The lowest BCUT2D eigenvalue weighted by molar-refractivity contribution is -0.136. The standard InChI is InChI=1S/C12H12ClN3O3/c13-9-4-2-1-3-8(9)12-15-10(16-19-12)7-14-6-5-11(17)18/h1-4,14H,5-7H2,(H,17,18). The minimum absolute atomic E-state index is 0.0508. The Labute approximate surface area is 114 Å². The van der Waals surface area contributed by atoms with Crippen LogP contribution in [0.4, 0.5) is 0 Å². The average Bonchev–Trinajstić information content (AvgIpc) is 2.83.